The van der Waals surface area contributed by atoms with Gasteiger partial charge in [0, 0.05) is 11.6 Å². The maximum absolute atomic E-state index is 11.3. The summed E-state index contributed by atoms with van der Waals surface area (Å²) in [4.78, 5) is 22.0. The Morgan fingerprint density at radius 2 is 2.00 bits per heavy atom. The molecule has 0 spiro atoms. The van der Waals surface area contributed by atoms with Gasteiger partial charge in [0.25, 0.3) is 0 Å². The third-order valence-corrected chi connectivity index (χ3v) is 2.86. The second-order valence-corrected chi connectivity index (χ2v) is 4.08. The number of benzene rings is 1. The summed E-state index contributed by atoms with van der Waals surface area (Å²) in [6.45, 7) is 1.70. The van der Waals surface area contributed by atoms with Crippen LogP contribution >= 0.6 is 0 Å². The summed E-state index contributed by atoms with van der Waals surface area (Å²) in [5.74, 6) is -2.04. The van der Waals surface area contributed by atoms with Gasteiger partial charge in [-0.1, -0.05) is 6.92 Å². The Balaban J connectivity index is 2.70. The molecule has 2 aromatic rings. The fourth-order valence-corrected chi connectivity index (χ4v) is 2.06. The highest BCUT2D eigenvalue weighted by Gasteiger charge is 2.15. The van der Waals surface area contributed by atoms with E-state index in [1.807, 2.05) is 13.0 Å². The van der Waals surface area contributed by atoms with Crippen molar-refractivity contribution in [2.75, 3.05) is 0 Å². The van der Waals surface area contributed by atoms with Crippen molar-refractivity contribution in [1.29, 1.82) is 0 Å². The lowest BCUT2D eigenvalue weighted by Crippen LogP contribution is -2.10. The summed E-state index contributed by atoms with van der Waals surface area (Å²) in [5.41, 5.74) is 1.53. The molecule has 0 aliphatic carbocycles. The third kappa shape index (κ3) is 2.07. The van der Waals surface area contributed by atoms with Crippen molar-refractivity contribution < 1.29 is 19.8 Å². The molecule has 0 bridgehead atoms. The van der Waals surface area contributed by atoms with Gasteiger partial charge in [-0.3, -0.25) is 4.79 Å². The van der Waals surface area contributed by atoms with Gasteiger partial charge < -0.3 is 14.8 Å². The van der Waals surface area contributed by atoms with Crippen LogP contribution in [0.25, 0.3) is 10.9 Å². The van der Waals surface area contributed by atoms with Crippen LogP contribution < -0.4 is 0 Å². The normalized spacial score (nSPS) is 10.7. The average molecular weight is 247 g/mol. The number of carboxylic acid groups (broad SMARTS) is 2. The molecule has 94 valence electrons. The second-order valence-electron chi connectivity index (χ2n) is 4.08. The number of aromatic nitrogens is 1. The molecule has 5 heteroatoms. The van der Waals surface area contributed by atoms with Crippen molar-refractivity contribution in [1.82, 2.24) is 4.57 Å². The predicted octanol–water partition coefficient (Wildman–Crippen LogP) is 1.99. The van der Waals surface area contributed by atoms with E-state index in [-0.39, 0.29) is 12.1 Å². The molecule has 1 heterocycles. The van der Waals surface area contributed by atoms with E-state index >= 15 is 0 Å². The lowest BCUT2D eigenvalue weighted by molar-refractivity contribution is -0.137. The van der Waals surface area contributed by atoms with E-state index in [4.69, 9.17) is 5.11 Å². The first kappa shape index (κ1) is 12.2. The SMILES string of the molecule is CCc1cc(C(=O)O)c2c(ccn2CC(=O)O)c1. The average Bonchev–Trinajstić information content (AvgIpc) is 2.70. The van der Waals surface area contributed by atoms with E-state index in [9.17, 15) is 14.7 Å². The van der Waals surface area contributed by atoms with Crippen LogP contribution in [0.5, 0.6) is 0 Å². The molecule has 2 N–H and O–H groups in total. The summed E-state index contributed by atoms with van der Waals surface area (Å²) in [5, 5.41) is 18.8. The molecule has 0 saturated heterocycles. The molecule has 0 atom stereocenters. The lowest BCUT2D eigenvalue weighted by atomic mass is 10.0. The van der Waals surface area contributed by atoms with Crippen molar-refractivity contribution in [2.45, 2.75) is 19.9 Å². The number of aliphatic carboxylic acids is 1. The maximum Gasteiger partial charge on any atom is 0.337 e. The Morgan fingerprint density at radius 3 is 2.56 bits per heavy atom. The van der Waals surface area contributed by atoms with Gasteiger partial charge in [-0.15, -0.1) is 0 Å². The Labute approximate surface area is 103 Å². The lowest BCUT2D eigenvalue weighted by Gasteiger charge is -2.07. The van der Waals surface area contributed by atoms with Crippen molar-refractivity contribution in [3.8, 4) is 0 Å². The summed E-state index contributed by atoms with van der Waals surface area (Å²) in [7, 11) is 0. The minimum Gasteiger partial charge on any atom is -0.480 e. The summed E-state index contributed by atoms with van der Waals surface area (Å²) >= 11 is 0. The number of rotatable bonds is 4. The zero-order valence-electron chi connectivity index (χ0n) is 9.88. The van der Waals surface area contributed by atoms with Gasteiger partial charge in [0.15, 0.2) is 0 Å². The molecule has 5 nitrogen and oxygen atoms in total. The molecule has 2 rings (SSSR count). The zero-order chi connectivity index (χ0) is 13.3. The second kappa shape index (κ2) is 4.52. The van der Waals surface area contributed by atoms with Gasteiger partial charge in [0.05, 0.1) is 11.1 Å². The number of fused-ring (bicyclic) bond motifs is 1. The number of hydrogen-bond acceptors (Lipinski definition) is 2. The quantitative estimate of drug-likeness (QED) is 0.865. The van der Waals surface area contributed by atoms with Gasteiger partial charge in [-0.2, -0.15) is 0 Å². The topological polar surface area (TPSA) is 79.5 Å². The van der Waals surface area contributed by atoms with Crippen LogP contribution in [0.2, 0.25) is 0 Å². The molecule has 0 aliphatic heterocycles. The van der Waals surface area contributed by atoms with E-state index in [0.717, 1.165) is 17.4 Å². The number of aryl methyl sites for hydroxylation is 1. The number of nitrogens with zero attached hydrogens (tertiary/aromatic N) is 1. The zero-order valence-corrected chi connectivity index (χ0v) is 9.88. The van der Waals surface area contributed by atoms with Gasteiger partial charge in [-0.25, -0.2) is 4.79 Å². The van der Waals surface area contributed by atoms with Crippen molar-refractivity contribution in [3.05, 3.63) is 35.5 Å². The van der Waals surface area contributed by atoms with Crippen LogP contribution in [-0.2, 0) is 17.8 Å². The summed E-state index contributed by atoms with van der Waals surface area (Å²) in [6, 6.07) is 5.23. The first-order valence-electron chi connectivity index (χ1n) is 5.59. The Hall–Kier alpha value is -2.30. The van der Waals surface area contributed by atoms with E-state index in [1.165, 1.54) is 4.57 Å². The molecule has 0 amide bonds. The molecule has 18 heavy (non-hydrogen) atoms. The van der Waals surface area contributed by atoms with Gasteiger partial charge >= 0.3 is 11.9 Å². The van der Waals surface area contributed by atoms with E-state index in [0.29, 0.717) is 5.52 Å². The molecule has 1 aromatic carbocycles. The number of aromatic carboxylic acids is 1. The van der Waals surface area contributed by atoms with Crippen molar-refractivity contribution in [2.24, 2.45) is 0 Å². The summed E-state index contributed by atoms with van der Waals surface area (Å²) < 4.78 is 1.44. The van der Waals surface area contributed by atoms with Crippen LogP contribution in [0, 0.1) is 0 Å². The molecular formula is C13H13NO4. The van der Waals surface area contributed by atoms with Crippen LogP contribution in [-0.4, -0.2) is 26.7 Å². The van der Waals surface area contributed by atoms with Gasteiger partial charge in [0.2, 0.25) is 0 Å². The Kier molecular flexibility index (Phi) is 3.06. The number of hydrogen-bond donors (Lipinski definition) is 2. The third-order valence-electron chi connectivity index (χ3n) is 2.86. The van der Waals surface area contributed by atoms with Crippen LogP contribution in [0.3, 0.4) is 0 Å². The highest BCUT2D eigenvalue weighted by Crippen LogP contribution is 2.23. The van der Waals surface area contributed by atoms with Gasteiger partial charge in [0.1, 0.15) is 6.54 Å². The van der Waals surface area contributed by atoms with Gasteiger partial charge in [-0.05, 0) is 30.2 Å². The van der Waals surface area contributed by atoms with Crippen LogP contribution in [0.15, 0.2) is 24.4 Å². The first-order valence-corrected chi connectivity index (χ1v) is 5.59. The van der Waals surface area contributed by atoms with E-state index < -0.39 is 11.9 Å². The molecule has 1 aromatic heterocycles. The predicted molar refractivity (Wildman–Crippen MR) is 65.9 cm³/mol. The highest BCUT2D eigenvalue weighted by atomic mass is 16.4. The number of carboxylic acids is 2. The summed E-state index contributed by atoms with van der Waals surface area (Å²) in [6.07, 6.45) is 2.34. The molecule has 0 saturated carbocycles. The minimum absolute atomic E-state index is 0.149. The Bertz CT molecular complexity index is 627. The molecule has 0 aliphatic rings. The smallest absolute Gasteiger partial charge is 0.337 e. The first-order chi connectivity index (χ1) is 8.52. The maximum atomic E-state index is 11.3. The molecule has 0 radical (unpaired) electrons. The Morgan fingerprint density at radius 1 is 1.28 bits per heavy atom. The fourth-order valence-electron chi connectivity index (χ4n) is 2.06. The molecule has 0 fully saturated rings. The fraction of sp³-hybridized carbons (Fsp3) is 0.231. The largest absolute Gasteiger partial charge is 0.480 e. The monoisotopic (exact) mass is 247 g/mol. The molecular weight excluding hydrogens is 234 g/mol. The highest BCUT2D eigenvalue weighted by molar-refractivity contribution is 6.03. The van der Waals surface area contributed by atoms with Crippen molar-refractivity contribution >= 4 is 22.8 Å². The van der Waals surface area contributed by atoms with E-state index in [1.54, 1.807) is 18.3 Å². The standard InChI is InChI=1S/C13H13NO4/c1-2-8-5-9-3-4-14(7-11(15)16)12(9)10(6-8)13(17)18/h3-6H,2,7H2,1H3,(H,15,16)(H,17,18). The van der Waals surface area contributed by atoms with Crippen LogP contribution in [0.4, 0.5) is 0 Å². The molecule has 0 unspecified atom stereocenters. The minimum atomic E-state index is -1.04. The van der Waals surface area contributed by atoms with Crippen molar-refractivity contribution in [3.63, 3.8) is 0 Å². The number of carbonyl (C=O) groups is 2. The van der Waals surface area contributed by atoms with Crippen LogP contribution in [0.1, 0.15) is 22.8 Å². The van der Waals surface area contributed by atoms with E-state index in [2.05, 4.69) is 0 Å².